The van der Waals surface area contributed by atoms with Crippen molar-refractivity contribution in [3.05, 3.63) is 0 Å². The van der Waals surface area contributed by atoms with Crippen LogP contribution >= 0.6 is 0 Å². The van der Waals surface area contributed by atoms with Gasteiger partial charge in [0.2, 0.25) is 0 Å². The lowest BCUT2D eigenvalue weighted by Crippen LogP contribution is -2.15. The highest BCUT2D eigenvalue weighted by molar-refractivity contribution is 5.49. The summed E-state index contributed by atoms with van der Waals surface area (Å²) >= 11 is 0. The molecule has 0 unspecified atom stereocenters. The molecule has 29 heavy (non-hydrogen) atoms. The van der Waals surface area contributed by atoms with Crippen LogP contribution in [0.1, 0.15) is 19.8 Å². The van der Waals surface area contributed by atoms with E-state index in [1.165, 1.54) is 0 Å². The molecule has 0 bridgehead atoms. The number of hydrogen-bond donors (Lipinski definition) is 0. The van der Waals surface area contributed by atoms with Crippen LogP contribution in [-0.2, 0) is 42.7 Å². The van der Waals surface area contributed by atoms with Gasteiger partial charge in [-0.2, -0.15) is 0 Å². The Bertz CT molecular complexity index is 306. The molecule has 0 aromatic rings. The molecule has 0 rings (SSSR count). The maximum atomic E-state index is 10.1. The summed E-state index contributed by atoms with van der Waals surface area (Å²) < 4.78 is 42.8. The van der Waals surface area contributed by atoms with Gasteiger partial charge in [-0.1, -0.05) is 6.92 Å². The molecule has 0 spiro atoms. The van der Waals surface area contributed by atoms with Crippen molar-refractivity contribution < 1.29 is 42.7 Å². The van der Waals surface area contributed by atoms with E-state index in [0.29, 0.717) is 106 Å². The molecule has 0 amide bonds. The molecule has 0 saturated carbocycles. The summed E-state index contributed by atoms with van der Waals surface area (Å²) in [6.07, 6.45) is 2.29. The fourth-order valence-electron chi connectivity index (χ4n) is 1.92. The Hall–Kier alpha value is -0.650. The minimum Gasteiger partial charge on any atom is -0.379 e. The molecule has 0 aliphatic heterocycles. The quantitative estimate of drug-likeness (QED) is 0.150. The number of carbonyl (C=O) groups excluding carboxylic acids is 1. The van der Waals surface area contributed by atoms with Crippen molar-refractivity contribution in [3.8, 4) is 0 Å². The van der Waals surface area contributed by atoms with E-state index in [2.05, 4.69) is 6.92 Å². The Balaban J connectivity index is 2.97. The van der Waals surface area contributed by atoms with Gasteiger partial charge >= 0.3 is 0 Å². The summed E-state index contributed by atoms with van der Waals surface area (Å²) in [5.74, 6) is 0. The zero-order chi connectivity index (χ0) is 21.1. The van der Waals surface area contributed by atoms with E-state index in [4.69, 9.17) is 37.9 Å². The van der Waals surface area contributed by atoms with Crippen molar-refractivity contribution in [2.45, 2.75) is 19.8 Å². The average molecular weight is 425 g/mol. The lowest BCUT2D eigenvalue weighted by atomic mass is 10.5. The van der Waals surface area contributed by atoms with Crippen molar-refractivity contribution in [3.63, 3.8) is 0 Å². The Kier molecular flexibility index (Phi) is 26.7. The van der Waals surface area contributed by atoms with Gasteiger partial charge < -0.3 is 42.7 Å². The minimum atomic E-state index is 0.424. The van der Waals surface area contributed by atoms with Crippen LogP contribution in [-0.4, -0.2) is 112 Å². The molecule has 0 radical (unpaired) electrons. The average Bonchev–Trinajstić information content (AvgIpc) is 2.74. The zero-order valence-electron chi connectivity index (χ0n) is 18.0. The third-order valence-corrected chi connectivity index (χ3v) is 3.33. The Morgan fingerprint density at radius 3 is 0.897 bits per heavy atom. The monoisotopic (exact) mass is 424 g/mol. The van der Waals surface area contributed by atoms with E-state index >= 15 is 0 Å². The topological polar surface area (TPSA) is 90.9 Å². The first-order chi connectivity index (χ1) is 14.4. The van der Waals surface area contributed by atoms with Crippen molar-refractivity contribution in [1.82, 2.24) is 0 Å². The predicted molar refractivity (Wildman–Crippen MR) is 108 cm³/mol. The summed E-state index contributed by atoms with van der Waals surface area (Å²) in [7, 11) is 0. The third-order valence-electron chi connectivity index (χ3n) is 3.33. The van der Waals surface area contributed by atoms with E-state index in [-0.39, 0.29) is 0 Å². The summed E-state index contributed by atoms with van der Waals surface area (Å²) in [5.41, 5.74) is 0. The van der Waals surface area contributed by atoms with Crippen molar-refractivity contribution >= 4 is 6.29 Å². The van der Waals surface area contributed by atoms with Crippen LogP contribution in [0.15, 0.2) is 0 Å². The SMILES string of the molecule is CCCOCCOCCOCCOCCOCCOCCOCCOCCC=O. The maximum absolute atomic E-state index is 10.1. The largest absolute Gasteiger partial charge is 0.379 e. The van der Waals surface area contributed by atoms with E-state index in [1.807, 2.05) is 0 Å². The smallest absolute Gasteiger partial charge is 0.122 e. The Morgan fingerprint density at radius 2 is 0.655 bits per heavy atom. The number of carbonyl (C=O) groups is 1. The van der Waals surface area contributed by atoms with Gasteiger partial charge in [-0.15, -0.1) is 0 Å². The zero-order valence-corrected chi connectivity index (χ0v) is 18.0. The molecule has 0 N–H and O–H groups in total. The molecule has 0 atom stereocenters. The number of rotatable bonds is 26. The van der Waals surface area contributed by atoms with Gasteiger partial charge in [0.1, 0.15) is 6.29 Å². The summed E-state index contributed by atoms with van der Waals surface area (Å²) in [4.78, 5) is 10.1. The maximum Gasteiger partial charge on any atom is 0.122 e. The van der Waals surface area contributed by atoms with Crippen LogP contribution in [0.3, 0.4) is 0 Å². The lowest BCUT2D eigenvalue weighted by Gasteiger charge is -2.08. The van der Waals surface area contributed by atoms with Gasteiger partial charge in [-0.25, -0.2) is 0 Å². The number of ether oxygens (including phenoxy) is 8. The van der Waals surface area contributed by atoms with Crippen LogP contribution in [0.5, 0.6) is 0 Å². The van der Waals surface area contributed by atoms with Gasteiger partial charge in [0.25, 0.3) is 0 Å². The van der Waals surface area contributed by atoms with Gasteiger partial charge in [0.05, 0.1) is 99.1 Å². The fraction of sp³-hybridized carbons (Fsp3) is 0.950. The first kappa shape index (κ1) is 28.4. The predicted octanol–water partition coefficient (Wildman–Crippen LogP) is 1.12. The molecular formula is C20H40O9. The van der Waals surface area contributed by atoms with E-state index in [0.717, 1.165) is 19.3 Å². The van der Waals surface area contributed by atoms with Crippen LogP contribution in [0, 0.1) is 0 Å². The van der Waals surface area contributed by atoms with E-state index in [1.54, 1.807) is 0 Å². The lowest BCUT2D eigenvalue weighted by molar-refractivity contribution is -0.108. The van der Waals surface area contributed by atoms with E-state index < -0.39 is 0 Å². The molecule has 0 aliphatic carbocycles. The summed E-state index contributed by atoms with van der Waals surface area (Å²) in [5, 5.41) is 0. The van der Waals surface area contributed by atoms with Crippen LogP contribution in [0.4, 0.5) is 0 Å². The Labute approximate surface area is 175 Å². The second-order valence-electron chi connectivity index (χ2n) is 5.85. The molecule has 9 heteroatoms. The second kappa shape index (κ2) is 27.4. The molecule has 0 saturated heterocycles. The molecule has 174 valence electrons. The van der Waals surface area contributed by atoms with Crippen molar-refractivity contribution in [1.29, 1.82) is 0 Å². The third kappa shape index (κ3) is 27.4. The van der Waals surface area contributed by atoms with Crippen LogP contribution in [0.25, 0.3) is 0 Å². The van der Waals surface area contributed by atoms with Gasteiger partial charge in [-0.05, 0) is 6.42 Å². The standard InChI is InChI=1S/C20H40O9/c1-2-5-22-7-9-24-11-13-26-15-17-28-19-20-29-18-16-27-14-12-25-10-8-23-6-3-4-21/h4H,2-3,5-20H2,1H3. The van der Waals surface area contributed by atoms with Crippen molar-refractivity contribution in [2.24, 2.45) is 0 Å². The minimum absolute atomic E-state index is 0.424. The highest BCUT2D eigenvalue weighted by Crippen LogP contribution is 1.86. The molecule has 9 nitrogen and oxygen atoms in total. The van der Waals surface area contributed by atoms with Gasteiger partial charge in [-0.3, -0.25) is 0 Å². The molecule has 0 fully saturated rings. The molecule has 0 aliphatic rings. The highest BCUT2D eigenvalue weighted by Gasteiger charge is 1.95. The van der Waals surface area contributed by atoms with Gasteiger partial charge in [0, 0.05) is 13.0 Å². The molecule has 0 heterocycles. The van der Waals surface area contributed by atoms with Crippen LogP contribution < -0.4 is 0 Å². The first-order valence-electron chi connectivity index (χ1n) is 10.5. The van der Waals surface area contributed by atoms with Crippen molar-refractivity contribution in [2.75, 3.05) is 106 Å². The second-order valence-corrected chi connectivity index (χ2v) is 5.85. The highest BCUT2D eigenvalue weighted by atomic mass is 16.6. The summed E-state index contributed by atoms with van der Waals surface area (Å²) in [6, 6.07) is 0. The Morgan fingerprint density at radius 1 is 0.414 bits per heavy atom. The molecular weight excluding hydrogens is 384 g/mol. The van der Waals surface area contributed by atoms with Crippen LogP contribution in [0.2, 0.25) is 0 Å². The first-order valence-corrected chi connectivity index (χ1v) is 10.5. The fourth-order valence-corrected chi connectivity index (χ4v) is 1.92. The number of aldehydes is 1. The summed E-state index contributed by atoms with van der Waals surface area (Å²) in [6.45, 7) is 10.9. The van der Waals surface area contributed by atoms with Gasteiger partial charge in [0.15, 0.2) is 0 Å². The molecule has 0 aromatic heterocycles. The normalized spacial score (nSPS) is 11.2. The molecule has 0 aromatic carbocycles. The van der Waals surface area contributed by atoms with E-state index in [9.17, 15) is 4.79 Å². The number of hydrogen-bond acceptors (Lipinski definition) is 9.